The number of aromatic carboxylic acids is 1. The molecule has 4 heteroatoms. The van der Waals surface area contributed by atoms with Crippen molar-refractivity contribution in [3.63, 3.8) is 0 Å². The van der Waals surface area contributed by atoms with E-state index in [9.17, 15) is 9.90 Å². The minimum absolute atomic E-state index is 0.0417. The fourth-order valence-corrected chi connectivity index (χ4v) is 3.51. The normalized spacial score (nSPS) is 17.8. The highest BCUT2D eigenvalue weighted by atomic mass is 32.1. The molecule has 0 bridgehead atoms. The van der Waals surface area contributed by atoms with E-state index in [2.05, 4.69) is 20.8 Å². The number of rotatable bonds is 3. The van der Waals surface area contributed by atoms with E-state index < -0.39 is 5.97 Å². The summed E-state index contributed by atoms with van der Waals surface area (Å²) < 4.78 is 6.03. The van der Waals surface area contributed by atoms with Crippen molar-refractivity contribution in [2.45, 2.75) is 70.8 Å². The zero-order valence-electron chi connectivity index (χ0n) is 12.6. The van der Waals surface area contributed by atoms with Crippen LogP contribution >= 0.6 is 11.3 Å². The highest BCUT2D eigenvalue weighted by Gasteiger charge is 2.25. The summed E-state index contributed by atoms with van der Waals surface area (Å²) in [5.41, 5.74) is -0.0417. The molecule has 0 atom stereocenters. The van der Waals surface area contributed by atoms with Crippen LogP contribution in [0.4, 0.5) is 0 Å². The summed E-state index contributed by atoms with van der Waals surface area (Å²) >= 11 is 1.34. The fourth-order valence-electron chi connectivity index (χ4n) is 2.52. The standard InChI is InChI=1S/C16H24O3S/c1-16(2,3)13-10-12(14(20-13)15(17)18)19-11-8-6-4-5-7-9-11/h10-11H,4-9H2,1-3H3,(H,17,18). The van der Waals surface area contributed by atoms with E-state index >= 15 is 0 Å². The van der Waals surface area contributed by atoms with Crippen molar-refractivity contribution >= 4 is 17.3 Å². The second-order valence-electron chi connectivity index (χ2n) is 6.59. The summed E-state index contributed by atoms with van der Waals surface area (Å²) in [5, 5.41) is 9.36. The molecule has 20 heavy (non-hydrogen) atoms. The zero-order chi connectivity index (χ0) is 14.8. The number of carboxylic acid groups (broad SMARTS) is 1. The Morgan fingerprint density at radius 3 is 2.35 bits per heavy atom. The lowest BCUT2D eigenvalue weighted by Crippen LogP contribution is -2.16. The van der Waals surface area contributed by atoms with Crippen LogP contribution in [-0.4, -0.2) is 17.2 Å². The van der Waals surface area contributed by atoms with E-state index in [1.807, 2.05) is 6.07 Å². The molecule has 1 aromatic heterocycles. The molecule has 0 saturated heterocycles. The molecule has 112 valence electrons. The van der Waals surface area contributed by atoms with Gasteiger partial charge in [-0.3, -0.25) is 0 Å². The third-order valence-electron chi connectivity index (χ3n) is 3.73. The van der Waals surface area contributed by atoms with Crippen LogP contribution in [0.15, 0.2) is 6.07 Å². The van der Waals surface area contributed by atoms with Crippen molar-refractivity contribution in [1.29, 1.82) is 0 Å². The first-order chi connectivity index (χ1) is 9.38. The molecule has 0 amide bonds. The summed E-state index contributed by atoms with van der Waals surface area (Å²) in [7, 11) is 0. The van der Waals surface area contributed by atoms with Gasteiger partial charge < -0.3 is 9.84 Å². The lowest BCUT2D eigenvalue weighted by atomic mass is 9.95. The molecule has 3 nitrogen and oxygen atoms in total. The Morgan fingerprint density at radius 2 is 1.85 bits per heavy atom. The molecule has 0 aromatic carbocycles. The SMILES string of the molecule is CC(C)(C)c1cc(OC2CCCCCC2)c(C(=O)O)s1. The van der Waals surface area contributed by atoms with Gasteiger partial charge in [-0.15, -0.1) is 11.3 Å². The predicted octanol–water partition coefficient (Wildman–Crippen LogP) is 4.85. The van der Waals surface area contributed by atoms with Gasteiger partial charge in [-0.1, -0.05) is 33.6 Å². The monoisotopic (exact) mass is 296 g/mol. The lowest BCUT2D eigenvalue weighted by molar-refractivity contribution is 0.0694. The summed E-state index contributed by atoms with van der Waals surface area (Å²) in [6, 6.07) is 1.93. The molecule has 1 heterocycles. The number of hydrogen-bond donors (Lipinski definition) is 1. The molecule has 0 unspecified atom stereocenters. The van der Waals surface area contributed by atoms with E-state index in [-0.39, 0.29) is 11.5 Å². The summed E-state index contributed by atoms with van der Waals surface area (Å²) in [5.74, 6) is -0.312. The lowest BCUT2D eigenvalue weighted by Gasteiger charge is -2.17. The molecule has 0 spiro atoms. The molecule has 1 aliphatic rings. The quantitative estimate of drug-likeness (QED) is 0.811. The van der Waals surface area contributed by atoms with Crippen molar-refractivity contribution in [2.75, 3.05) is 0 Å². The van der Waals surface area contributed by atoms with Crippen molar-refractivity contribution < 1.29 is 14.6 Å². The van der Waals surface area contributed by atoms with Crippen LogP contribution in [-0.2, 0) is 5.41 Å². The third kappa shape index (κ3) is 3.75. The average molecular weight is 296 g/mol. The van der Waals surface area contributed by atoms with Gasteiger partial charge in [0, 0.05) is 4.88 Å². The van der Waals surface area contributed by atoms with Crippen LogP contribution in [0.5, 0.6) is 5.75 Å². The Bertz CT molecular complexity index is 463. The maximum Gasteiger partial charge on any atom is 0.349 e. The molecule has 2 rings (SSSR count). The van der Waals surface area contributed by atoms with E-state index in [1.165, 1.54) is 37.0 Å². The highest BCUT2D eigenvalue weighted by molar-refractivity contribution is 7.14. The van der Waals surface area contributed by atoms with E-state index in [1.54, 1.807) is 0 Å². The minimum atomic E-state index is -0.880. The molecule has 0 radical (unpaired) electrons. The summed E-state index contributed by atoms with van der Waals surface area (Å²) in [6.45, 7) is 6.29. The number of ether oxygens (including phenoxy) is 1. The Labute approximate surface area is 125 Å². The van der Waals surface area contributed by atoms with Gasteiger partial charge in [-0.05, 0) is 37.2 Å². The number of carbonyl (C=O) groups is 1. The maximum atomic E-state index is 11.4. The first-order valence-electron chi connectivity index (χ1n) is 7.42. The number of thiophene rings is 1. The minimum Gasteiger partial charge on any atom is -0.489 e. The largest absolute Gasteiger partial charge is 0.489 e. The van der Waals surface area contributed by atoms with E-state index in [4.69, 9.17) is 4.74 Å². The van der Waals surface area contributed by atoms with Gasteiger partial charge in [0.1, 0.15) is 5.75 Å². The molecular weight excluding hydrogens is 272 g/mol. The van der Waals surface area contributed by atoms with Crippen molar-refractivity contribution in [3.05, 3.63) is 15.8 Å². The fraction of sp³-hybridized carbons (Fsp3) is 0.688. The Hall–Kier alpha value is -1.03. The molecule has 1 aliphatic carbocycles. The third-order valence-corrected chi connectivity index (χ3v) is 5.26. The molecule has 1 aromatic rings. The van der Waals surface area contributed by atoms with Crippen molar-refractivity contribution in [3.8, 4) is 5.75 Å². The summed E-state index contributed by atoms with van der Waals surface area (Å²) in [4.78, 5) is 12.8. The number of carboxylic acids is 1. The van der Waals surface area contributed by atoms with E-state index in [0.717, 1.165) is 17.7 Å². The molecule has 1 saturated carbocycles. The van der Waals surface area contributed by atoms with Gasteiger partial charge in [-0.2, -0.15) is 0 Å². The van der Waals surface area contributed by atoms with Crippen LogP contribution in [0.25, 0.3) is 0 Å². The smallest absolute Gasteiger partial charge is 0.349 e. The average Bonchev–Trinajstić information content (AvgIpc) is 2.60. The highest BCUT2D eigenvalue weighted by Crippen LogP contribution is 2.38. The van der Waals surface area contributed by atoms with Crippen LogP contribution in [0.1, 0.15) is 73.8 Å². The van der Waals surface area contributed by atoms with Crippen LogP contribution in [0.2, 0.25) is 0 Å². The first-order valence-corrected chi connectivity index (χ1v) is 8.24. The zero-order valence-corrected chi connectivity index (χ0v) is 13.4. The van der Waals surface area contributed by atoms with Crippen molar-refractivity contribution in [2.24, 2.45) is 0 Å². The van der Waals surface area contributed by atoms with Gasteiger partial charge in [-0.25, -0.2) is 4.79 Å². The molecule has 1 N–H and O–H groups in total. The van der Waals surface area contributed by atoms with Gasteiger partial charge in [0.05, 0.1) is 6.10 Å². The van der Waals surface area contributed by atoms with Crippen molar-refractivity contribution in [1.82, 2.24) is 0 Å². The van der Waals surface area contributed by atoms with Gasteiger partial charge in [0.25, 0.3) is 0 Å². The Kier molecular flexibility index (Phi) is 4.74. The predicted molar refractivity (Wildman–Crippen MR) is 82.1 cm³/mol. The number of hydrogen-bond acceptors (Lipinski definition) is 3. The first kappa shape index (κ1) is 15.4. The molecular formula is C16H24O3S. The van der Waals surface area contributed by atoms with Gasteiger partial charge in [0.15, 0.2) is 4.88 Å². The Balaban J connectivity index is 2.20. The van der Waals surface area contributed by atoms with Gasteiger partial charge in [0.2, 0.25) is 0 Å². The molecule has 0 aliphatic heterocycles. The Morgan fingerprint density at radius 1 is 1.25 bits per heavy atom. The maximum absolute atomic E-state index is 11.4. The van der Waals surface area contributed by atoms with Crippen LogP contribution in [0.3, 0.4) is 0 Å². The second-order valence-corrected chi connectivity index (χ2v) is 7.64. The van der Waals surface area contributed by atoms with E-state index in [0.29, 0.717) is 10.6 Å². The second kappa shape index (κ2) is 6.17. The van der Waals surface area contributed by atoms with Crippen LogP contribution in [0, 0.1) is 0 Å². The van der Waals surface area contributed by atoms with Gasteiger partial charge >= 0.3 is 5.97 Å². The molecule has 1 fully saturated rings. The summed E-state index contributed by atoms with van der Waals surface area (Å²) in [6.07, 6.45) is 7.16. The van der Waals surface area contributed by atoms with Crippen LogP contribution < -0.4 is 4.74 Å². The topological polar surface area (TPSA) is 46.5 Å².